The van der Waals surface area contributed by atoms with Gasteiger partial charge in [-0.1, -0.05) is 52.8 Å². The SMILES string of the molecule is CC(C)COc1cccc(NC(=S)NC(=O)c2ccc(C(C)(C)C)cc2)c1. The minimum atomic E-state index is -0.236. The van der Waals surface area contributed by atoms with Crippen molar-refractivity contribution in [3.8, 4) is 5.75 Å². The van der Waals surface area contributed by atoms with Crippen LogP contribution in [0.15, 0.2) is 48.5 Å². The summed E-state index contributed by atoms with van der Waals surface area (Å²) in [6.07, 6.45) is 0. The Labute approximate surface area is 167 Å². The molecule has 0 spiro atoms. The van der Waals surface area contributed by atoms with Crippen LogP contribution in [0.2, 0.25) is 0 Å². The summed E-state index contributed by atoms with van der Waals surface area (Å²) in [5.41, 5.74) is 2.57. The maximum absolute atomic E-state index is 12.4. The Kier molecular flexibility index (Phi) is 6.97. The van der Waals surface area contributed by atoms with Gasteiger partial charge in [-0.3, -0.25) is 10.1 Å². The zero-order valence-corrected chi connectivity index (χ0v) is 17.4. The van der Waals surface area contributed by atoms with Crippen molar-refractivity contribution in [1.29, 1.82) is 0 Å². The highest BCUT2D eigenvalue weighted by molar-refractivity contribution is 7.80. The zero-order valence-electron chi connectivity index (χ0n) is 16.6. The van der Waals surface area contributed by atoms with Gasteiger partial charge < -0.3 is 10.1 Å². The highest BCUT2D eigenvalue weighted by Gasteiger charge is 2.14. The third kappa shape index (κ3) is 6.68. The molecule has 2 aromatic rings. The fourth-order valence-corrected chi connectivity index (χ4v) is 2.60. The van der Waals surface area contributed by atoms with Gasteiger partial charge in [-0.05, 0) is 53.4 Å². The molecule has 0 aliphatic carbocycles. The molecular formula is C22H28N2O2S. The Bertz CT molecular complexity index is 793. The van der Waals surface area contributed by atoms with Gasteiger partial charge in [-0.2, -0.15) is 0 Å². The Morgan fingerprint density at radius 1 is 1.11 bits per heavy atom. The number of thiocarbonyl (C=S) groups is 1. The molecule has 0 aliphatic rings. The average molecular weight is 385 g/mol. The number of amides is 1. The summed E-state index contributed by atoms with van der Waals surface area (Å²) in [6, 6.07) is 15.1. The molecular weight excluding hydrogens is 356 g/mol. The van der Waals surface area contributed by atoms with Crippen LogP contribution < -0.4 is 15.4 Å². The molecule has 0 radical (unpaired) electrons. The molecule has 1 amide bonds. The number of carbonyl (C=O) groups excluding carboxylic acids is 1. The number of carbonyl (C=O) groups is 1. The fourth-order valence-electron chi connectivity index (χ4n) is 2.39. The summed E-state index contributed by atoms with van der Waals surface area (Å²) in [5.74, 6) is 0.979. The molecule has 2 aromatic carbocycles. The molecule has 27 heavy (non-hydrogen) atoms. The summed E-state index contributed by atoms with van der Waals surface area (Å²) in [6.45, 7) is 11.3. The van der Waals surface area contributed by atoms with Crippen LogP contribution >= 0.6 is 12.2 Å². The van der Waals surface area contributed by atoms with Crippen molar-refractivity contribution in [2.24, 2.45) is 5.92 Å². The van der Waals surface area contributed by atoms with E-state index in [9.17, 15) is 4.79 Å². The van der Waals surface area contributed by atoms with E-state index in [0.29, 0.717) is 18.1 Å². The Balaban J connectivity index is 1.95. The summed E-state index contributed by atoms with van der Waals surface area (Å²) in [4.78, 5) is 12.4. The van der Waals surface area contributed by atoms with Crippen LogP contribution in [0, 0.1) is 5.92 Å². The summed E-state index contributed by atoms with van der Waals surface area (Å²) in [5, 5.41) is 5.99. The molecule has 0 fully saturated rings. The Morgan fingerprint density at radius 3 is 2.37 bits per heavy atom. The lowest BCUT2D eigenvalue weighted by Gasteiger charge is -2.19. The smallest absolute Gasteiger partial charge is 0.257 e. The Morgan fingerprint density at radius 2 is 1.78 bits per heavy atom. The van der Waals surface area contributed by atoms with Gasteiger partial charge in [0.15, 0.2) is 5.11 Å². The van der Waals surface area contributed by atoms with Crippen molar-refractivity contribution in [2.45, 2.75) is 40.0 Å². The molecule has 0 saturated heterocycles. The summed E-state index contributed by atoms with van der Waals surface area (Å²) < 4.78 is 5.71. The quantitative estimate of drug-likeness (QED) is 0.700. The highest BCUT2D eigenvalue weighted by atomic mass is 32.1. The fraction of sp³-hybridized carbons (Fsp3) is 0.364. The van der Waals surface area contributed by atoms with Gasteiger partial charge in [0.05, 0.1) is 6.61 Å². The van der Waals surface area contributed by atoms with E-state index in [1.807, 2.05) is 48.5 Å². The third-order valence-corrected chi connectivity index (χ3v) is 4.12. The first-order valence-electron chi connectivity index (χ1n) is 9.11. The molecule has 144 valence electrons. The molecule has 0 saturated carbocycles. The van der Waals surface area contributed by atoms with E-state index >= 15 is 0 Å². The van der Waals surface area contributed by atoms with E-state index in [2.05, 4.69) is 45.3 Å². The molecule has 2 rings (SSSR count). The monoisotopic (exact) mass is 384 g/mol. The molecule has 4 nitrogen and oxygen atoms in total. The van der Waals surface area contributed by atoms with E-state index in [1.165, 1.54) is 5.56 Å². The molecule has 0 aromatic heterocycles. The molecule has 0 heterocycles. The van der Waals surface area contributed by atoms with Crippen molar-refractivity contribution in [1.82, 2.24) is 5.32 Å². The van der Waals surface area contributed by atoms with E-state index in [1.54, 1.807) is 0 Å². The second-order valence-corrected chi connectivity index (χ2v) is 8.38. The lowest BCUT2D eigenvalue weighted by atomic mass is 9.87. The van der Waals surface area contributed by atoms with Crippen molar-refractivity contribution in [2.75, 3.05) is 11.9 Å². The summed E-state index contributed by atoms with van der Waals surface area (Å²) >= 11 is 5.26. The first-order chi connectivity index (χ1) is 12.6. The molecule has 0 unspecified atom stereocenters. The van der Waals surface area contributed by atoms with Crippen molar-refractivity contribution < 1.29 is 9.53 Å². The maximum Gasteiger partial charge on any atom is 0.257 e. The van der Waals surface area contributed by atoms with Crippen LogP contribution in [0.4, 0.5) is 5.69 Å². The highest BCUT2D eigenvalue weighted by Crippen LogP contribution is 2.22. The second kappa shape index (κ2) is 9.00. The Hall–Kier alpha value is -2.40. The second-order valence-electron chi connectivity index (χ2n) is 7.97. The van der Waals surface area contributed by atoms with Crippen molar-refractivity contribution in [3.63, 3.8) is 0 Å². The van der Waals surface area contributed by atoms with E-state index in [-0.39, 0.29) is 16.4 Å². The van der Waals surface area contributed by atoms with E-state index in [4.69, 9.17) is 17.0 Å². The number of benzene rings is 2. The largest absolute Gasteiger partial charge is 0.493 e. The molecule has 2 N–H and O–H groups in total. The number of rotatable bonds is 5. The average Bonchev–Trinajstić information content (AvgIpc) is 2.59. The number of anilines is 1. The van der Waals surface area contributed by atoms with Crippen LogP contribution in [0.1, 0.15) is 50.5 Å². The number of ether oxygens (including phenoxy) is 1. The predicted octanol–water partition coefficient (Wildman–Crippen LogP) is 5.15. The minimum Gasteiger partial charge on any atom is -0.493 e. The van der Waals surface area contributed by atoms with E-state index < -0.39 is 0 Å². The summed E-state index contributed by atoms with van der Waals surface area (Å²) in [7, 11) is 0. The third-order valence-electron chi connectivity index (χ3n) is 3.92. The number of hydrogen-bond acceptors (Lipinski definition) is 3. The molecule has 5 heteroatoms. The van der Waals surface area contributed by atoms with Gasteiger partial charge in [-0.15, -0.1) is 0 Å². The van der Waals surface area contributed by atoms with Gasteiger partial charge in [-0.25, -0.2) is 0 Å². The zero-order chi connectivity index (χ0) is 20.0. The van der Waals surface area contributed by atoms with Crippen molar-refractivity contribution in [3.05, 3.63) is 59.7 Å². The van der Waals surface area contributed by atoms with Crippen LogP contribution in [0.5, 0.6) is 5.75 Å². The topological polar surface area (TPSA) is 50.4 Å². The predicted molar refractivity (Wildman–Crippen MR) is 116 cm³/mol. The van der Waals surface area contributed by atoms with Gasteiger partial charge >= 0.3 is 0 Å². The van der Waals surface area contributed by atoms with Gasteiger partial charge in [0.25, 0.3) is 5.91 Å². The maximum atomic E-state index is 12.4. The molecule has 0 bridgehead atoms. The molecule has 0 aliphatic heterocycles. The van der Waals surface area contributed by atoms with Gasteiger partial charge in [0.2, 0.25) is 0 Å². The van der Waals surface area contributed by atoms with Gasteiger partial charge in [0.1, 0.15) is 5.75 Å². The lowest BCUT2D eigenvalue weighted by molar-refractivity contribution is 0.0977. The first kappa shape index (κ1) is 20.9. The number of hydrogen-bond donors (Lipinski definition) is 2. The van der Waals surface area contributed by atoms with Crippen LogP contribution in [0.25, 0.3) is 0 Å². The van der Waals surface area contributed by atoms with Crippen molar-refractivity contribution >= 4 is 28.9 Å². The first-order valence-corrected chi connectivity index (χ1v) is 9.51. The van der Waals surface area contributed by atoms with Crippen LogP contribution in [0.3, 0.4) is 0 Å². The van der Waals surface area contributed by atoms with Gasteiger partial charge in [0, 0.05) is 17.3 Å². The van der Waals surface area contributed by atoms with Crippen LogP contribution in [-0.2, 0) is 5.41 Å². The normalized spacial score (nSPS) is 11.2. The minimum absolute atomic E-state index is 0.0501. The van der Waals surface area contributed by atoms with E-state index in [0.717, 1.165) is 11.4 Å². The van der Waals surface area contributed by atoms with Crippen LogP contribution in [-0.4, -0.2) is 17.6 Å². The molecule has 0 atom stereocenters. The number of nitrogens with one attached hydrogen (secondary N) is 2. The lowest BCUT2D eigenvalue weighted by Crippen LogP contribution is -2.34. The standard InChI is InChI=1S/C22H28N2O2S/c1-15(2)14-26-19-8-6-7-18(13-19)23-21(27)24-20(25)16-9-11-17(12-10-16)22(3,4)5/h6-13,15H,14H2,1-5H3,(H2,23,24,25,27).